The molecule has 43 heavy (non-hydrogen) atoms. The Balaban J connectivity index is 1.66. The number of hydrogen-bond acceptors (Lipinski definition) is 7. The first-order valence-corrected chi connectivity index (χ1v) is 15.0. The Morgan fingerprint density at radius 1 is 0.907 bits per heavy atom. The molecule has 1 aliphatic heterocycles. The largest absolute Gasteiger partial charge is 0.481 e. The van der Waals surface area contributed by atoms with Crippen LogP contribution < -0.4 is 10.1 Å². The molecule has 1 aliphatic rings. The molecule has 0 radical (unpaired) electrons. The fourth-order valence-corrected chi connectivity index (χ4v) is 5.88. The van der Waals surface area contributed by atoms with Gasteiger partial charge < -0.3 is 19.9 Å². The Hall–Kier alpha value is -3.78. The lowest BCUT2D eigenvalue weighted by atomic mass is 9.80. The van der Waals surface area contributed by atoms with E-state index in [2.05, 4.69) is 33.0 Å². The van der Waals surface area contributed by atoms with E-state index >= 15 is 0 Å². The Kier molecular flexibility index (Phi) is 11.4. The van der Waals surface area contributed by atoms with Gasteiger partial charge in [0.1, 0.15) is 11.9 Å². The Morgan fingerprint density at radius 2 is 1.51 bits per heavy atom. The van der Waals surface area contributed by atoms with E-state index < -0.39 is 35.7 Å². The van der Waals surface area contributed by atoms with Gasteiger partial charge in [0.05, 0.1) is 17.8 Å². The van der Waals surface area contributed by atoms with Gasteiger partial charge in [0.15, 0.2) is 5.78 Å². The number of aliphatic carboxylic acids is 1. The molecule has 1 heterocycles. The number of allylic oxidation sites excluding steroid dienone is 1. The van der Waals surface area contributed by atoms with Gasteiger partial charge in [-0.05, 0) is 70.7 Å². The number of ketones is 1. The zero-order chi connectivity index (χ0) is 31.8. The standard InChI is InChI=1S/C35H45NO7/c1-7-25(32(40)42-28-16-13-24(14-17-28)15-18-30(37)26-11-9-8-10-12-26)20-27(19-23(2)31(38)39)33(41)43-29-21-34(3,4)36-35(5,6)22-29/h8-18,23,25,27,29,36H,7,19-22H2,1-6H3,(H,38,39)/b18-15+. The second kappa shape index (κ2) is 14.6. The molecule has 1 saturated heterocycles. The smallest absolute Gasteiger partial charge is 0.314 e. The minimum absolute atomic E-state index is 0.0679. The van der Waals surface area contributed by atoms with E-state index in [0.29, 0.717) is 30.6 Å². The highest BCUT2D eigenvalue weighted by Gasteiger charge is 2.41. The molecule has 8 nitrogen and oxygen atoms in total. The first kappa shape index (κ1) is 33.7. The Labute approximate surface area is 254 Å². The normalized spacial score (nSPS) is 18.4. The predicted octanol–water partition coefficient (Wildman–Crippen LogP) is 6.48. The molecule has 2 aromatic rings. The summed E-state index contributed by atoms with van der Waals surface area (Å²) in [5, 5.41) is 13.1. The average molecular weight is 592 g/mol. The van der Waals surface area contributed by atoms with Crippen molar-refractivity contribution in [3.05, 3.63) is 71.8 Å². The summed E-state index contributed by atoms with van der Waals surface area (Å²) in [5.41, 5.74) is 0.911. The van der Waals surface area contributed by atoms with E-state index in [0.717, 1.165) is 5.56 Å². The number of rotatable bonds is 13. The van der Waals surface area contributed by atoms with E-state index in [4.69, 9.17) is 9.47 Å². The molecule has 0 amide bonds. The number of nitrogens with one attached hydrogen (secondary N) is 1. The maximum absolute atomic E-state index is 13.4. The van der Waals surface area contributed by atoms with E-state index in [9.17, 15) is 24.3 Å². The maximum Gasteiger partial charge on any atom is 0.314 e. The Morgan fingerprint density at radius 3 is 2.07 bits per heavy atom. The third kappa shape index (κ3) is 10.5. The zero-order valence-corrected chi connectivity index (χ0v) is 26.1. The molecule has 1 fully saturated rings. The van der Waals surface area contributed by atoms with Crippen LogP contribution in [0.5, 0.6) is 5.75 Å². The minimum Gasteiger partial charge on any atom is -0.481 e. The summed E-state index contributed by atoms with van der Waals surface area (Å²) >= 11 is 0. The molecule has 232 valence electrons. The SMILES string of the molecule is CCC(CC(CC(C)C(=O)O)C(=O)OC1CC(C)(C)NC(C)(C)C1)C(=O)Oc1ccc(/C=C/C(=O)c2ccccc2)cc1. The van der Waals surface area contributed by atoms with Gasteiger partial charge in [-0.15, -0.1) is 0 Å². The fraction of sp³-hybridized carbons (Fsp3) is 0.486. The van der Waals surface area contributed by atoms with Gasteiger partial charge in [-0.3, -0.25) is 19.2 Å². The molecular formula is C35H45NO7. The number of carboxylic acids is 1. The van der Waals surface area contributed by atoms with Gasteiger partial charge in [0.25, 0.3) is 0 Å². The molecule has 0 aromatic heterocycles. The first-order valence-electron chi connectivity index (χ1n) is 15.0. The van der Waals surface area contributed by atoms with Crippen molar-refractivity contribution in [1.82, 2.24) is 5.32 Å². The molecule has 2 N–H and O–H groups in total. The van der Waals surface area contributed by atoms with Gasteiger partial charge in [0, 0.05) is 29.5 Å². The summed E-state index contributed by atoms with van der Waals surface area (Å²) < 4.78 is 11.6. The van der Waals surface area contributed by atoms with Crippen molar-refractivity contribution in [2.75, 3.05) is 0 Å². The highest BCUT2D eigenvalue weighted by atomic mass is 16.5. The predicted molar refractivity (Wildman–Crippen MR) is 166 cm³/mol. The monoisotopic (exact) mass is 591 g/mol. The van der Waals surface area contributed by atoms with E-state index in [1.165, 1.54) is 6.08 Å². The summed E-state index contributed by atoms with van der Waals surface area (Å²) in [6.07, 6.45) is 4.75. The molecule has 0 spiro atoms. The summed E-state index contributed by atoms with van der Waals surface area (Å²) in [7, 11) is 0. The molecular weight excluding hydrogens is 546 g/mol. The third-order valence-electron chi connectivity index (χ3n) is 7.81. The average Bonchev–Trinajstić information content (AvgIpc) is 2.93. The molecule has 0 saturated carbocycles. The van der Waals surface area contributed by atoms with Gasteiger partial charge >= 0.3 is 17.9 Å². The van der Waals surface area contributed by atoms with Gasteiger partial charge in [-0.1, -0.05) is 62.4 Å². The molecule has 3 unspecified atom stereocenters. The van der Waals surface area contributed by atoms with Crippen LogP contribution in [0.1, 0.15) is 89.6 Å². The number of carbonyl (C=O) groups is 4. The van der Waals surface area contributed by atoms with E-state index in [1.807, 2.05) is 13.0 Å². The van der Waals surface area contributed by atoms with Crippen molar-refractivity contribution in [1.29, 1.82) is 0 Å². The summed E-state index contributed by atoms with van der Waals surface area (Å²) in [6, 6.07) is 15.8. The number of ether oxygens (including phenoxy) is 2. The number of benzene rings is 2. The molecule has 0 aliphatic carbocycles. The van der Waals surface area contributed by atoms with Crippen molar-refractivity contribution in [3.8, 4) is 5.75 Å². The van der Waals surface area contributed by atoms with Crippen LogP contribution in [0.25, 0.3) is 6.08 Å². The number of carboxylic acid groups (broad SMARTS) is 1. The number of carbonyl (C=O) groups excluding carboxylic acids is 3. The molecule has 8 heteroatoms. The van der Waals surface area contributed by atoms with Crippen LogP contribution in [0.3, 0.4) is 0 Å². The molecule has 2 aromatic carbocycles. The van der Waals surface area contributed by atoms with Gasteiger partial charge in [0.2, 0.25) is 0 Å². The molecule has 3 atom stereocenters. The quantitative estimate of drug-likeness (QED) is 0.118. The molecule has 3 rings (SSSR count). The van der Waals surface area contributed by atoms with Crippen LogP contribution in [-0.2, 0) is 19.1 Å². The van der Waals surface area contributed by atoms with Crippen molar-refractivity contribution in [3.63, 3.8) is 0 Å². The van der Waals surface area contributed by atoms with Crippen molar-refractivity contribution in [2.24, 2.45) is 17.8 Å². The topological polar surface area (TPSA) is 119 Å². The highest BCUT2D eigenvalue weighted by Crippen LogP contribution is 2.33. The van der Waals surface area contributed by atoms with Gasteiger partial charge in [-0.25, -0.2) is 0 Å². The second-order valence-corrected chi connectivity index (χ2v) is 12.9. The highest BCUT2D eigenvalue weighted by molar-refractivity contribution is 6.06. The molecule has 0 bridgehead atoms. The summed E-state index contributed by atoms with van der Waals surface area (Å²) in [6.45, 7) is 11.7. The number of hydrogen-bond donors (Lipinski definition) is 2. The Bertz CT molecular complexity index is 1280. The maximum atomic E-state index is 13.4. The van der Waals surface area contributed by atoms with Gasteiger partial charge in [-0.2, -0.15) is 0 Å². The lowest BCUT2D eigenvalue weighted by Gasteiger charge is -2.46. The van der Waals surface area contributed by atoms with Crippen LogP contribution in [0.4, 0.5) is 0 Å². The summed E-state index contributed by atoms with van der Waals surface area (Å²) in [4.78, 5) is 50.6. The van der Waals surface area contributed by atoms with Crippen molar-refractivity contribution >= 4 is 29.8 Å². The third-order valence-corrected chi connectivity index (χ3v) is 7.81. The lowest BCUT2D eigenvalue weighted by molar-refractivity contribution is -0.160. The first-order chi connectivity index (χ1) is 20.2. The van der Waals surface area contributed by atoms with Crippen LogP contribution in [0.2, 0.25) is 0 Å². The van der Waals surface area contributed by atoms with Crippen molar-refractivity contribution in [2.45, 2.75) is 90.8 Å². The van der Waals surface area contributed by atoms with Crippen LogP contribution in [0.15, 0.2) is 60.7 Å². The van der Waals surface area contributed by atoms with E-state index in [1.54, 1.807) is 61.5 Å². The zero-order valence-electron chi connectivity index (χ0n) is 26.1. The van der Waals surface area contributed by atoms with E-state index in [-0.39, 0.29) is 35.8 Å². The number of piperidine rings is 1. The van der Waals surface area contributed by atoms with Crippen LogP contribution in [-0.4, -0.2) is 46.0 Å². The van der Waals surface area contributed by atoms with Crippen molar-refractivity contribution < 1.29 is 33.8 Å². The summed E-state index contributed by atoms with van der Waals surface area (Å²) in [5.74, 6) is -3.90. The van der Waals surface area contributed by atoms with Crippen LogP contribution in [0, 0.1) is 17.8 Å². The second-order valence-electron chi connectivity index (χ2n) is 12.9. The lowest BCUT2D eigenvalue weighted by Crippen LogP contribution is -2.59. The number of esters is 2. The van der Waals surface area contributed by atoms with Crippen LogP contribution >= 0.6 is 0 Å². The minimum atomic E-state index is -1.00. The fourth-order valence-electron chi connectivity index (χ4n) is 5.88.